The van der Waals surface area contributed by atoms with Gasteiger partial charge in [-0.2, -0.15) is 0 Å². The van der Waals surface area contributed by atoms with Crippen LogP contribution in [0.25, 0.3) is 11.0 Å². The highest BCUT2D eigenvalue weighted by Gasteiger charge is 2.21. The Morgan fingerprint density at radius 3 is 2.68 bits per heavy atom. The van der Waals surface area contributed by atoms with Crippen molar-refractivity contribution in [2.75, 3.05) is 26.3 Å². The third-order valence-electron chi connectivity index (χ3n) is 5.44. The van der Waals surface area contributed by atoms with Crippen molar-refractivity contribution in [3.05, 3.63) is 39.2 Å². The number of fused-ring (bicyclic) bond motifs is 1. The molecule has 1 fully saturated rings. The van der Waals surface area contributed by atoms with Crippen molar-refractivity contribution in [3.63, 3.8) is 0 Å². The van der Waals surface area contributed by atoms with Crippen molar-refractivity contribution in [1.29, 1.82) is 0 Å². The fourth-order valence-electron chi connectivity index (χ4n) is 3.64. The highest BCUT2D eigenvalue weighted by Crippen LogP contribution is 2.30. The van der Waals surface area contributed by atoms with E-state index in [1.165, 1.54) is 0 Å². The molecule has 2 aromatic rings. The molecule has 3 rings (SSSR count). The molecule has 0 aliphatic carbocycles. The lowest BCUT2D eigenvalue weighted by molar-refractivity contribution is -0.135. The summed E-state index contributed by atoms with van der Waals surface area (Å²) in [6.07, 6.45) is 3.34. The Bertz CT molecular complexity index is 911. The van der Waals surface area contributed by atoms with Crippen LogP contribution in [0.4, 0.5) is 0 Å². The van der Waals surface area contributed by atoms with E-state index in [-0.39, 0.29) is 24.2 Å². The summed E-state index contributed by atoms with van der Waals surface area (Å²) in [6.45, 7) is 9.40. The molecular formula is C22H29NO5. The van der Waals surface area contributed by atoms with Crippen LogP contribution in [0.3, 0.4) is 0 Å². The van der Waals surface area contributed by atoms with Crippen LogP contribution in [0.15, 0.2) is 21.3 Å². The maximum atomic E-state index is 12.7. The number of hydrogen-bond donors (Lipinski definition) is 0. The number of carbonyl (C=O) groups excluding carboxylic acids is 1. The Hall–Kier alpha value is -2.34. The van der Waals surface area contributed by atoms with E-state index in [0.717, 1.165) is 42.4 Å². The molecule has 0 saturated carbocycles. The molecule has 152 valence electrons. The number of ether oxygens (including phenoxy) is 2. The predicted octanol–water partition coefficient (Wildman–Crippen LogP) is 3.51. The lowest BCUT2D eigenvalue weighted by Crippen LogP contribution is -2.41. The summed E-state index contributed by atoms with van der Waals surface area (Å²) >= 11 is 0. The van der Waals surface area contributed by atoms with Gasteiger partial charge in [-0.3, -0.25) is 4.79 Å². The predicted molar refractivity (Wildman–Crippen MR) is 108 cm³/mol. The van der Waals surface area contributed by atoms with Gasteiger partial charge in [0.2, 0.25) is 0 Å². The fraction of sp³-hybridized carbons (Fsp3) is 0.545. The minimum Gasteiger partial charge on any atom is -0.483 e. The van der Waals surface area contributed by atoms with Gasteiger partial charge in [-0.1, -0.05) is 0 Å². The maximum absolute atomic E-state index is 12.7. The van der Waals surface area contributed by atoms with Crippen molar-refractivity contribution in [2.45, 2.75) is 53.1 Å². The van der Waals surface area contributed by atoms with Crippen LogP contribution < -0.4 is 10.4 Å². The third kappa shape index (κ3) is 4.38. The zero-order chi connectivity index (χ0) is 20.3. The fourth-order valence-corrected chi connectivity index (χ4v) is 3.64. The molecule has 6 nitrogen and oxygen atoms in total. The largest absolute Gasteiger partial charge is 0.483 e. The Morgan fingerprint density at radius 2 is 2.00 bits per heavy atom. The van der Waals surface area contributed by atoms with Crippen LogP contribution in [0.2, 0.25) is 0 Å². The minimum atomic E-state index is -0.345. The summed E-state index contributed by atoms with van der Waals surface area (Å²) in [4.78, 5) is 26.5. The molecule has 1 amide bonds. The molecule has 1 aromatic heterocycles. The summed E-state index contributed by atoms with van der Waals surface area (Å²) in [5.41, 5.74) is 2.42. The normalized spacial score (nSPS) is 16.9. The average molecular weight is 387 g/mol. The standard InChI is InChI=1S/C22H29NO5/c1-5-23(12-17-8-6-7-9-26-17)20(24)13-27-18-10-14(2)11-19-21(18)15(3)16(4)22(25)28-19/h10-11,17H,5-9,12-13H2,1-4H3. The van der Waals surface area contributed by atoms with E-state index in [9.17, 15) is 9.59 Å². The van der Waals surface area contributed by atoms with E-state index in [0.29, 0.717) is 30.0 Å². The van der Waals surface area contributed by atoms with Gasteiger partial charge < -0.3 is 18.8 Å². The van der Waals surface area contributed by atoms with E-state index in [4.69, 9.17) is 13.9 Å². The zero-order valence-electron chi connectivity index (χ0n) is 17.2. The second kappa shape index (κ2) is 8.78. The first kappa shape index (κ1) is 20.4. The van der Waals surface area contributed by atoms with Gasteiger partial charge in [0.15, 0.2) is 6.61 Å². The van der Waals surface area contributed by atoms with Crippen LogP contribution >= 0.6 is 0 Å². The average Bonchev–Trinajstić information content (AvgIpc) is 2.68. The molecule has 2 heterocycles. The summed E-state index contributed by atoms with van der Waals surface area (Å²) in [5, 5.41) is 0.745. The van der Waals surface area contributed by atoms with Crippen molar-refractivity contribution < 1.29 is 18.7 Å². The number of hydrogen-bond acceptors (Lipinski definition) is 5. The van der Waals surface area contributed by atoms with E-state index in [2.05, 4.69) is 0 Å². The number of benzene rings is 1. The molecule has 0 N–H and O–H groups in total. The lowest BCUT2D eigenvalue weighted by Gasteiger charge is -2.29. The van der Waals surface area contributed by atoms with E-state index in [1.54, 1.807) is 11.8 Å². The number of carbonyl (C=O) groups is 1. The molecule has 1 unspecified atom stereocenters. The summed E-state index contributed by atoms with van der Waals surface area (Å²) in [7, 11) is 0. The number of nitrogens with zero attached hydrogens (tertiary/aromatic N) is 1. The second-order valence-corrected chi connectivity index (χ2v) is 7.49. The van der Waals surface area contributed by atoms with E-state index >= 15 is 0 Å². The second-order valence-electron chi connectivity index (χ2n) is 7.49. The van der Waals surface area contributed by atoms with Gasteiger partial charge >= 0.3 is 5.63 Å². The molecular weight excluding hydrogens is 358 g/mol. The van der Waals surface area contributed by atoms with Crippen LogP contribution in [0, 0.1) is 20.8 Å². The van der Waals surface area contributed by atoms with Crippen molar-refractivity contribution in [3.8, 4) is 5.75 Å². The van der Waals surface area contributed by atoms with Crippen LogP contribution in [-0.2, 0) is 9.53 Å². The van der Waals surface area contributed by atoms with Crippen molar-refractivity contribution in [2.24, 2.45) is 0 Å². The molecule has 1 aromatic carbocycles. The first-order chi connectivity index (χ1) is 13.4. The summed E-state index contributed by atoms with van der Waals surface area (Å²) < 4.78 is 17.1. The topological polar surface area (TPSA) is 69.0 Å². The molecule has 1 aliphatic rings. The number of rotatable bonds is 6. The van der Waals surface area contributed by atoms with Gasteiger partial charge in [-0.25, -0.2) is 4.79 Å². The number of likely N-dealkylation sites (N-methyl/N-ethyl adjacent to an activating group) is 1. The minimum absolute atomic E-state index is 0.0588. The highest BCUT2D eigenvalue weighted by atomic mass is 16.5. The Kier molecular flexibility index (Phi) is 6.39. The van der Waals surface area contributed by atoms with E-state index < -0.39 is 0 Å². The van der Waals surface area contributed by atoms with Crippen LogP contribution in [0.5, 0.6) is 5.75 Å². The summed E-state index contributed by atoms with van der Waals surface area (Å²) in [5.74, 6) is 0.496. The first-order valence-electron chi connectivity index (χ1n) is 9.97. The van der Waals surface area contributed by atoms with Gasteiger partial charge in [-0.05, 0) is 70.2 Å². The molecule has 0 bridgehead atoms. The molecule has 28 heavy (non-hydrogen) atoms. The zero-order valence-corrected chi connectivity index (χ0v) is 17.2. The molecule has 1 aliphatic heterocycles. The van der Waals surface area contributed by atoms with Gasteiger partial charge in [0.25, 0.3) is 5.91 Å². The molecule has 6 heteroatoms. The maximum Gasteiger partial charge on any atom is 0.339 e. The van der Waals surface area contributed by atoms with Gasteiger partial charge in [-0.15, -0.1) is 0 Å². The van der Waals surface area contributed by atoms with Gasteiger partial charge in [0.05, 0.1) is 11.5 Å². The van der Waals surface area contributed by atoms with Gasteiger partial charge in [0, 0.05) is 25.3 Å². The van der Waals surface area contributed by atoms with Crippen molar-refractivity contribution >= 4 is 16.9 Å². The Labute approximate surface area is 165 Å². The summed E-state index contributed by atoms with van der Waals surface area (Å²) in [6, 6.07) is 3.69. The first-order valence-corrected chi connectivity index (χ1v) is 9.97. The smallest absolute Gasteiger partial charge is 0.339 e. The molecule has 0 spiro atoms. The Morgan fingerprint density at radius 1 is 1.21 bits per heavy atom. The SMILES string of the molecule is CCN(CC1CCCCO1)C(=O)COc1cc(C)cc2oc(=O)c(C)c(C)c12. The molecule has 1 saturated heterocycles. The lowest BCUT2D eigenvalue weighted by atomic mass is 10.0. The number of aryl methyl sites for hydroxylation is 2. The quantitative estimate of drug-likeness (QED) is 0.710. The monoisotopic (exact) mass is 387 g/mol. The molecule has 1 atom stereocenters. The molecule has 0 radical (unpaired) electrons. The Balaban J connectivity index is 1.77. The number of amides is 1. The van der Waals surface area contributed by atoms with E-state index in [1.807, 2.05) is 32.9 Å². The van der Waals surface area contributed by atoms with Crippen LogP contribution in [0.1, 0.15) is 42.9 Å². The van der Waals surface area contributed by atoms with Crippen molar-refractivity contribution in [1.82, 2.24) is 4.90 Å². The van der Waals surface area contributed by atoms with Crippen LogP contribution in [-0.4, -0.2) is 43.2 Å². The van der Waals surface area contributed by atoms with Gasteiger partial charge in [0.1, 0.15) is 11.3 Å². The third-order valence-corrected chi connectivity index (χ3v) is 5.44. The highest BCUT2D eigenvalue weighted by molar-refractivity contribution is 5.88.